The van der Waals surface area contributed by atoms with Gasteiger partial charge in [0.05, 0.1) is 23.4 Å². The highest BCUT2D eigenvalue weighted by Crippen LogP contribution is 2.29. The number of ether oxygens (including phenoxy) is 1. The van der Waals surface area contributed by atoms with E-state index in [9.17, 15) is 4.79 Å². The topological polar surface area (TPSA) is 43.3 Å². The number of nitrogens with zero attached hydrogens (tertiary/aromatic N) is 1. The highest BCUT2D eigenvalue weighted by molar-refractivity contribution is 6.33. The molecule has 2 rings (SSSR count). The molecule has 1 aromatic carbocycles. The lowest BCUT2D eigenvalue weighted by Gasteiger charge is -2.14. The minimum absolute atomic E-state index is 0.179. The van der Waals surface area contributed by atoms with Gasteiger partial charge in [0, 0.05) is 25.0 Å². The van der Waals surface area contributed by atoms with Crippen LogP contribution in [0.3, 0.4) is 0 Å². The Morgan fingerprint density at radius 3 is 2.57 bits per heavy atom. The third kappa shape index (κ3) is 3.58. The van der Waals surface area contributed by atoms with Crippen molar-refractivity contribution >= 4 is 17.5 Å². The fraction of sp³-hybridized carbons (Fsp3) is 0.312. The second-order valence-corrected chi connectivity index (χ2v) is 5.61. The summed E-state index contributed by atoms with van der Waals surface area (Å²) in [5.41, 5.74) is 1.22. The standard InChI is InChI=1S/C16H19ClN2O2/c1-11(2)10-18-16(20)12-8-13(17)14(9-15(12)21-3)19-6-4-5-7-19/h4-9,11H,10H2,1-3H3,(H,18,20). The van der Waals surface area contributed by atoms with Crippen LogP contribution in [-0.2, 0) is 0 Å². The Hall–Kier alpha value is -1.94. The summed E-state index contributed by atoms with van der Waals surface area (Å²) in [5.74, 6) is 0.709. The average molecular weight is 307 g/mol. The zero-order chi connectivity index (χ0) is 15.4. The maximum Gasteiger partial charge on any atom is 0.255 e. The third-order valence-electron chi connectivity index (χ3n) is 3.07. The van der Waals surface area contributed by atoms with E-state index in [4.69, 9.17) is 16.3 Å². The first-order chi connectivity index (χ1) is 10.0. The number of halogens is 1. The largest absolute Gasteiger partial charge is 0.496 e. The molecule has 0 saturated carbocycles. The molecule has 0 bridgehead atoms. The molecule has 1 N–H and O–H groups in total. The molecular formula is C16H19ClN2O2. The van der Waals surface area contributed by atoms with Crippen LogP contribution in [-0.4, -0.2) is 24.1 Å². The molecule has 1 aromatic heterocycles. The van der Waals surface area contributed by atoms with Crippen LogP contribution in [0, 0.1) is 5.92 Å². The smallest absolute Gasteiger partial charge is 0.255 e. The SMILES string of the molecule is COc1cc(-n2cccc2)c(Cl)cc1C(=O)NCC(C)C. The summed E-state index contributed by atoms with van der Waals surface area (Å²) < 4.78 is 7.21. The van der Waals surface area contributed by atoms with E-state index in [0.29, 0.717) is 28.8 Å². The first-order valence-electron chi connectivity index (χ1n) is 6.82. The van der Waals surface area contributed by atoms with Crippen LogP contribution in [0.4, 0.5) is 0 Å². The van der Waals surface area contributed by atoms with Gasteiger partial charge in [-0.2, -0.15) is 0 Å². The molecule has 0 fully saturated rings. The summed E-state index contributed by atoms with van der Waals surface area (Å²) in [7, 11) is 1.54. The van der Waals surface area contributed by atoms with Gasteiger partial charge in [-0.05, 0) is 24.1 Å². The molecule has 0 spiro atoms. The van der Waals surface area contributed by atoms with E-state index in [1.807, 2.05) is 42.9 Å². The molecule has 2 aromatic rings. The van der Waals surface area contributed by atoms with Crippen LogP contribution >= 0.6 is 11.6 Å². The van der Waals surface area contributed by atoms with E-state index in [1.54, 1.807) is 19.2 Å². The normalized spacial score (nSPS) is 10.7. The van der Waals surface area contributed by atoms with Crippen LogP contribution in [0.1, 0.15) is 24.2 Å². The van der Waals surface area contributed by atoms with Crippen LogP contribution < -0.4 is 10.1 Å². The van der Waals surface area contributed by atoms with E-state index >= 15 is 0 Å². The zero-order valence-electron chi connectivity index (χ0n) is 12.4. The predicted molar refractivity (Wildman–Crippen MR) is 84.5 cm³/mol. The van der Waals surface area contributed by atoms with Crippen LogP contribution in [0.5, 0.6) is 5.75 Å². The van der Waals surface area contributed by atoms with Gasteiger partial charge in [0.15, 0.2) is 0 Å². The molecule has 5 heteroatoms. The van der Waals surface area contributed by atoms with E-state index in [-0.39, 0.29) is 5.91 Å². The molecule has 0 aliphatic carbocycles. The number of rotatable bonds is 5. The molecule has 1 amide bonds. The molecule has 4 nitrogen and oxygen atoms in total. The van der Waals surface area contributed by atoms with Gasteiger partial charge in [0.2, 0.25) is 0 Å². The molecule has 0 atom stereocenters. The Kier molecular flexibility index (Phi) is 4.91. The van der Waals surface area contributed by atoms with Crippen molar-refractivity contribution < 1.29 is 9.53 Å². The average Bonchev–Trinajstić information content (AvgIpc) is 2.98. The second-order valence-electron chi connectivity index (χ2n) is 5.20. The fourth-order valence-corrected chi connectivity index (χ4v) is 2.24. The van der Waals surface area contributed by atoms with E-state index in [2.05, 4.69) is 5.32 Å². The summed E-state index contributed by atoms with van der Waals surface area (Å²) in [4.78, 5) is 12.2. The van der Waals surface area contributed by atoms with E-state index in [0.717, 1.165) is 5.69 Å². The summed E-state index contributed by atoms with van der Waals surface area (Å²) >= 11 is 6.30. The Morgan fingerprint density at radius 1 is 1.33 bits per heavy atom. The fourth-order valence-electron chi connectivity index (χ4n) is 1.97. The van der Waals surface area contributed by atoms with Gasteiger partial charge < -0.3 is 14.6 Å². The number of methoxy groups -OCH3 is 1. The lowest BCUT2D eigenvalue weighted by molar-refractivity contribution is 0.0946. The minimum atomic E-state index is -0.179. The Labute approximate surface area is 129 Å². The van der Waals surface area contributed by atoms with Crippen molar-refractivity contribution in [3.8, 4) is 11.4 Å². The molecule has 0 aliphatic rings. The highest BCUT2D eigenvalue weighted by Gasteiger charge is 2.16. The summed E-state index contributed by atoms with van der Waals surface area (Å²) in [6.45, 7) is 4.69. The predicted octanol–water partition coefficient (Wildman–Crippen LogP) is 3.53. The molecule has 0 saturated heterocycles. The maximum absolute atomic E-state index is 12.2. The van der Waals surface area contributed by atoms with Crippen molar-refractivity contribution in [3.63, 3.8) is 0 Å². The Balaban J connectivity index is 2.35. The number of hydrogen-bond acceptors (Lipinski definition) is 2. The van der Waals surface area contributed by atoms with Gasteiger partial charge in [-0.3, -0.25) is 4.79 Å². The number of carbonyl (C=O) groups excluding carboxylic acids is 1. The zero-order valence-corrected chi connectivity index (χ0v) is 13.1. The van der Waals surface area contributed by atoms with Crippen molar-refractivity contribution in [1.82, 2.24) is 9.88 Å². The Morgan fingerprint density at radius 2 is 2.00 bits per heavy atom. The van der Waals surface area contributed by atoms with Crippen molar-refractivity contribution in [3.05, 3.63) is 47.2 Å². The van der Waals surface area contributed by atoms with Crippen LogP contribution in [0.2, 0.25) is 5.02 Å². The van der Waals surface area contributed by atoms with Gasteiger partial charge in [-0.1, -0.05) is 25.4 Å². The van der Waals surface area contributed by atoms with Crippen molar-refractivity contribution in [2.75, 3.05) is 13.7 Å². The van der Waals surface area contributed by atoms with Crippen molar-refractivity contribution in [2.45, 2.75) is 13.8 Å². The Bertz CT molecular complexity index is 621. The van der Waals surface area contributed by atoms with Gasteiger partial charge in [0.25, 0.3) is 5.91 Å². The van der Waals surface area contributed by atoms with E-state index < -0.39 is 0 Å². The van der Waals surface area contributed by atoms with Crippen molar-refractivity contribution in [1.29, 1.82) is 0 Å². The molecule has 0 unspecified atom stereocenters. The monoisotopic (exact) mass is 306 g/mol. The van der Waals surface area contributed by atoms with Crippen LogP contribution in [0.25, 0.3) is 5.69 Å². The van der Waals surface area contributed by atoms with Gasteiger partial charge >= 0.3 is 0 Å². The molecule has 0 aliphatic heterocycles. The van der Waals surface area contributed by atoms with Gasteiger partial charge in [0.1, 0.15) is 5.75 Å². The minimum Gasteiger partial charge on any atom is -0.496 e. The maximum atomic E-state index is 12.2. The highest BCUT2D eigenvalue weighted by atomic mass is 35.5. The van der Waals surface area contributed by atoms with E-state index in [1.165, 1.54) is 0 Å². The third-order valence-corrected chi connectivity index (χ3v) is 3.37. The molecule has 112 valence electrons. The molecular weight excluding hydrogens is 288 g/mol. The number of benzene rings is 1. The number of hydrogen-bond donors (Lipinski definition) is 1. The molecule has 1 heterocycles. The van der Waals surface area contributed by atoms with Crippen LogP contribution in [0.15, 0.2) is 36.7 Å². The number of nitrogens with one attached hydrogen (secondary N) is 1. The lowest BCUT2D eigenvalue weighted by atomic mass is 10.1. The number of carbonyl (C=O) groups is 1. The summed E-state index contributed by atoms with van der Waals surface area (Å²) in [6.07, 6.45) is 3.78. The van der Waals surface area contributed by atoms with Gasteiger partial charge in [-0.25, -0.2) is 0 Å². The number of aromatic nitrogens is 1. The summed E-state index contributed by atoms with van der Waals surface area (Å²) in [5, 5.41) is 3.37. The summed E-state index contributed by atoms with van der Waals surface area (Å²) in [6, 6.07) is 7.23. The number of amides is 1. The first-order valence-corrected chi connectivity index (χ1v) is 7.19. The van der Waals surface area contributed by atoms with Gasteiger partial charge in [-0.15, -0.1) is 0 Å². The quantitative estimate of drug-likeness (QED) is 0.918. The first kappa shape index (κ1) is 15.4. The van der Waals surface area contributed by atoms with Crippen molar-refractivity contribution in [2.24, 2.45) is 5.92 Å². The lowest BCUT2D eigenvalue weighted by Crippen LogP contribution is -2.27. The molecule has 0 radical (unpaired) electrons. The second kappa shape index (κ2) is 6.68. The molecule has 21 heavy (non-hydrogen) atoms.